The zero-order valence-corrected chi connectivity index (χ0v) is 12.3. The van der Waals surface area contributed by atoms with Crippen LogP contribution in [-0.4, -0.2) is 30.8 Å². The molecule has 17 heavy (non-hydrogen) atoms. The molecule has 0 saturated heterocycles. The van der Waals surface area contributed by atoms with E-state index in [-0.39, 0.29) is 4.75 Å². The van der Waals surface area contributed by atoms with Gasteiger partial charge in [-0.3, -0.25) is 0 Å². The van der Waals surface area contributed by atoms with E-state index in [2.05, 4.69) is 51.1 Å². The van der Waals surface area contributed by atoms with E-state index in [0.29, 0.717) is 0 Å². The Balaban J connectivity index is 3.25. The van der Waals surface area contributed by atoms with Crippen LogP contribution < -0.4 is 0 Å². The largest absolute Gasteiger partial charge is 0.375 e. The fourth-order valence-corrected chi connectivity index (χ4v) is 5.20. The van der Waals surface area contributed by atoms with Crippen molar-refractivity contribution in [3.63, 3.8) is 0 Å². The average molecular weight is 256 g/mol. The molecule has 2 nitrogen and oxygen atoms in total. The minimum absolute atomic E-state index is 0.153. The molecule has 0 radical (unpaired) electrons. The molecule has 0 unspecified atom stereocenters. The first-order valence-electron chi connectivity index (χ1n) is 5.79. The van der Waals surface area contributed by atoms with Crippen LogP contribution in [0.15, 0.2) is 35.2 Å². The first kappa shape index (κ1) is 14.6. The molecule has 0 spiro atoms. The molecular weight excluding hydrogens is 232 g/mol. The Kier molecular flexibility index (Phi) is 5.04. The van der Waals surface area contributed by atoms with Gasteiger partial charge in [0.15, 0.2) is 0 Å². The summed E-state index contributed by atoms with van der Waals surface area (Å²) in [5.41, 5.74) is 0. The molecule has 1 rings (SSSR count). The van der Waals surface area contributed by atoms with E-state index in [4.69, 9.17) is 9.47 Å². The molecule has 0 saturated carbocycles. The lowest BCUT2D eigenvalue weighted by atomic mass is 10.3. The molecule has 0 atom stereocenters. The maximum atomic E-state index is 5.50. The van der Waals surface area contributed by atoms with Crippen molar-refractivity contribution in [2.24, 2.45) is 0 Å². The van der Waals surface area contributed by atoms with Gasteiger partial charge in [0.1, 0.15) is 0 Å². The van der Waals surface area contributed by atoms with Gasteiger partial charge in [-0.25, -0.2) is 0 Å². The second-order valence-corrected chi connectivity index (χ2v) is 9.06. The summed E-state index contributed by atoms with van der Waals surface area (Å²) in [6.07, 6.45) is 0. The number of methoxy groups -OCH3 is 2. The summed E-state index contributed by atoms with van der Waals surface area (Å²) in [5.74, 6) is 1.49. The van der Waals surface area contributed by atoms with Crippen LogP contribution in [0.2, 0.25) is 0 Å². The third kappa shape index (κ3) is 3.03. The van der Waals surface area contributed by atoms with Crippen LogP contribution in [0, 0.1) is 0 Å². The number of ether oxygens (including phenoxy) is 2. The third-order valence-electron chi connectivity index (χ3n) is 3.00. The van der Waals surface area contributed by atoms with E-state index in [0.717, 1.165) is 11.9 Å². The average Bonchev–Trinajstić information content (AvgIpc) is 2.28. The zero-order chi connectivity index (χ0) is 12.9. The van der Waals surface area contributed by atoms with Crippen molar-refractivity contribution in [3.8, 4) is 0 Å². The standard InChI is InChI=1S/C14H24O2S/c1-14(2,3)17(11-15-4,12-16-5)13-9-7-6-8-10-13/h6-10H,11-12H2,1-5H3. The highest BCUT2D eigenvalue weighted by Gasteiger charge is 2.38. The first-order valence-corrected chi connectivity index (χ1v) is 7.76. The van der Waals surface area contributed by atoms with E-state index in [1.54, 1.807) is 14.2 Å². The van der Waals surface area contributed by atoms with Gasteiger partial charge in [-0.2, -0.15) is 10.0 Å². The lowest BCUT2D eigenvalue weighted by Crippen LogP contribution is -2.31. The molecule has 1 aromatic rings. The quantitative estimate of drug-likeness (QED) is 0.796. The highest BCUT2D eigenvalue weighted by molar-refractivity contribution is 8.34. The van der Waals surface area contributed by atoms with Crippen molar-refractivity contribution in [1.82, 2.24) is 0 Å². The van der Waals surface area contributed by atoms with Crippen molar-refractivity contribution in [1.29, 1.82) is 0 Å². The molecule has 0 bridgehead atoms. The summed E-state index contributed by atoms with van der Waals surface area (Å²) in [6.45, 7) is 6.81. The highest BCUT2D eigenvalue weighted by Crippen LogP contribution is 2.64. The molecule has 0 aliphatic rings. The van der Waals surface area contributed by atoms with Gasteiger partial charge in [0, 0.05) is 14.2 Å². The molecule has 1 aromatic carbocycles. The first-order chi connectivity index (χ1) is 7.98. The van der Waals surface area contributed by atoms with Gasteiger partial charge in [-0.1, -0.05) is 39.0 Å². The van der Waals surface area contributed by atoms with Gasteiger partial charge >= 0.3 is 0 Å². The predicted octanol–water partition coefficient (Wildman–Crippen LogP) is 3.86. The van der Waals surface area contributed by atoms with Crippen LogP contribution >= 0.6 is 10.0 Å². The van der Waals surface area contributed by atoms with Gasteiger partial charge in [0.05, 0.1) is 11.9 Å². The summed E-state index contributed by atoms with van der Waals surface area (Å²) in [5, 5.41) is 0. The zero-order valence-electron chi connectivity index (χ0n) is 11.5. The molecule has 98 valence electrons. The Morgan fingerprint density at radius 1 is 0.941 bits per heavy atom. The lowest BCUT2D eigenvalue weighted by molar-refractivity contribution is 0.232. The van der Waals surface area contributed by atoms with Crippen molar-refractivity contribution in [3.05, 3.63) is 30.3 Å². The van der Waals surface area contributed by atoms with Crippen molar-refractivity contribution in [2.75, 3.05) is 26.1 Å². The second-order valence-electron chi connectivity index (χ2n) is 5.12. The van der Waals surface area contributed by atoms with Crippen LogP contribution in [0.4, 0.5) is 0 Å². The maximum Gasteiger partial charge on any atom is 0.0826 e. The van der Waals surface area contributed by atoms with E-state index < -0.39 is 10.0 Å². The topological polar surface area (TPSA) is 18.5 Å². The maximum absolute atomic E-state index is 5.50. The fourth-order valence-electron chi connectivity index (χ4n) is 1.96. The summed E-state index contributed by atoms with van der Waals surface area (Å²) < 4.78 is 11.1. The number of rotatable bonds is 5. The van der Waals surface area contributed by atoms with Gasteiger partial charge in [0.25, 0.3) is 0 Å². The molecule has 0 aliphatic heterocycles. The van der Waals surface area contributed by atoms with Crippen molar-refractivity contribution in [2.45, 2.75) is 30.4 Å². The summed E-state index contributed by atoms with van der Waals surface area (Å²) in [4.78, 5) is 1.36. The monoisotopic (exact) mass is 256 g/mol. The Morgan fingerprint density at radius 3 is 1.76 bits per heavy atom. The number of hydrogen-bond acceptors (Lipinski definition) is 2. The summed E-state index contributed by atoms with van der Waals surface area (Å²) in [7, 11) is 2.40. The molecule has 0 amide bonds. The van der Waals surface area contributed by atoms with Crippen LogP contribution in [0.3, 0.4) is 0 Å². The SMILES string of the molecule is COCS(COC)(c1ccccc1)C(C)(C)C. The third-order valence-corrected chi connectivity index (χ3v) is 7.80. The lowest BCUT2D eigenvalue weighted by Gasteiger charge is -2.49. The smallest absolute Gasteiger partial charge is 0.0826 e. The molecule has 0 fully saturated rings. The Bertz CT molecular complexity index is 324. The van der Waals surface area contributed by atoms with E-state index in [9.17, 15) is 0 Å². The minimum atomic E-state index is -1.14. The van der Waals surface area contributed by atoms with Gasteiger partial charge in [0.2, 0.25) is 0 Å². The van der Waals surface area contributed by atoms with Crippen LogP contribution in [-0.2, 0) is 9.47 Å². The molecular formula is C14H24O2S. The molecule has 3 heteroatoms. The molecule has 0 heterocycles. The minimum Gasteiger partial charge on any atom is -0.375 e. The number of benzene rings is 1. The summed E-state index contributed by atoms with van der Waals surface area (Å²) >= 11 is 0. The van der Waals surface area contributed by atoms with Crippen molar-refractivity contribution >= 4 is 10.0 Å². The predicted molar refractivity (Wildman–Crippen MR) is 75.8 cm³/mol. The Morgan fingerprint density at radius 2 is 1.41 bits per heavy atom. The summed E-state index contributed by atoms with van der Waals surface area (Å²) in [6, 6.07) is 10.6. The van der Waals surface area contributed by atoms with E-state index in [1.807, 2.05) is 0 Å². The second kappa shape index (κ2) is 5.89. The normalized spacial score (nSPS) is 13.7. The van der Waals surface area contributed by atoms with E-state index in [1.165, 1.54) is 4.90 Å². The molecule has 0 aromatic heterocycles. The van der Waals surface area contributed by atoms with Crippen LogP contribution in [0.1, 0.15) is 20.8 Å². The van der Waals surface area contributed by atoms with Crippen molar-refractivity contribution < 1.29 is 9.47 Å². The Labute approximate surface area is 107 Å². The van der Waals surface area contributed by atoms with Crippen LogP contribution in [0.25, 0.3) is 0 Å². The molecule has 0 aliphatic carbocycles. The van der Waals surface area contributed by atoms with Gasteiger partial charge < -0.3 is 9.47 Å². The van der Waals surface area contributed by atoms with Crippen LogP contribution in [0.5, 0.6) is 0 Å². The number of hydrogen-bond donors (Lipinski definition) is 0. The van der Waals surface area contributed by atoms with E-state index >= 15 is 0 Å². The van der Waals surface area contributed by atoms with Gasteiger partial charge in [-0.05, 0) is 21.8 Å². The molecule has 0 N–H and O–H groups in total. The fraction of sp³-hybridized carbons (Fsp3) is 0.571. The highest BCUT2D eigenvalue weighted by atomic mass is 32.3. The van der Waals surface area contributed by atoms with Gasteiger partial charge in [-0.15, -0.1) is 0 Å². The Hall–Kier alpha value is -0.510.